The van der Waals surface area contributed by atoms with Crippen molar-refractivity contribution in [3.05, 3.63) is 64.9 Å². The highest BCUT2D eigenvalue weighted by atomic mass is 35.5. The molecule has 3 aromatic rings. The molecule has 0 aliphatic rings. The van der Waals surface area contributed by atoms with Gasteiger partial charge in [-0.1, -0.05) is 41.9 Å². The Bertz CT molecular complexity index is 751. The first-order chi connectivity index (χ1) is 9.70. The molecule has 0 spiro atoms. The number of thioether (sulfide) groups is 1. The van der Waals surface area contributed by atoms with Crippen molar-refractivity contribution < 1.29 is 9.52 Å². The van der Waals surface area contributed by atoms with Crippen LogP contribution in [-0.2, 0) is 0 Å². The summed E-state index contributed by atoms with van der Waals surface area (Å²) >= 11 is 7.70. The predicted molar refractivity (Wildman–Crippen MR) is 83.5 cm³/mol. The van der Waals surface area contributed by atoms with Gasteiger partial charge in [-0.25, -0.2) is 0 Å². The van der Waals surface area contributed by atoms with E-state index < -0.39 is 6.10 Å². The SMILES string of the molecule is CSc1ccccc1C(O)c1cc2cccc(Cl)c2o1. The van der Waals surface area contributed by atoms with Crippen LogP contribution in [0.4, 0.5) is 0 Å². The number of hydrogen-bond donors (Lipinski definition) is 1. The Kier molecular flexibility index (Phi) is 3.74. The fourth-order valence-corrected chi connectivity index (χ4v) is 3.08. The molecule has 0 amide bonds. The van der Waals surface area contributed by atoms with Crippen molar-refractivity contribution in [3.8, 4) is 0 Å². The molecule has 1 aromatic heterocycles. The zero-order valence-electron chi connectivity index (χ0n) is 10.8. The van der Waals surface area contributed by atoms with Gasteiger partial charge in [0, 0.05) is 15.8 Å². The van der Waals surface area contributed by atoms with Gasteiger partial charge in [-0.15, -0.1) is 11.8 Å². The monoisotopic (exact) mass is 304 g/mol. The third-order valence-corrected chi connectivity index (χ3v) is 4.33. The molecule has 0 aliphatic carbocycles. The molecule has 1 heterocycles. The van der Waals surface area contributed by atoms with Gasteiger partial charge in [0.25, 0.3) is 0 Å². The Hall–Kier alpha value is -1.42. The number of aliphatic hydroxyl groups excluding tert-OH is 1. The molecule has 4 heteroatoms. The van der Waals surface area contributed by atoms with Crippen LogP contribution < -0.4 is 0 Å². The Morgan fingerprint density at radius 3 is 2.70 bits per heavy atom. The summed E-state index contributed by atoms with van der Waals surface area (Å²) in [5, 5.41) is 12.0. The van der Waals surface area contributed by atoms with Crippen LogP contribution in [0, 0.1) is 0 Å². The minimum atomic E-state index is -0.790. The highest BCUT2D eigenvalue weighted by molar-refractivity contribution is 7.98. The van der Waals surface area contributed by atoms with Crippen molar-refractivity contribution in [2.45, 2.75) is 11.0 Å². The van der Waals surface area contributed by atoms with Crippen molar-refractivity contribution in [2.75, 3.05) is 6.26 Å². The van der Waals surface area contributed by atoms with E-state index in [0.29, 0.717) is 16.4 Å². The zero-order valence-corrected chi connectivity index (χ0v) is 12.4. The van der Waals surface area contributed by atoms with Crippen LogP contribution in [0.5, 0.6) is 0 Å². The van der Waals surface area contributed by atoms with E-state index in [9.17, 15) is 5.11 Å². The molecule has 0 bridgehead atoms. The molecule has 1 atom stereocenters. The summed E-state index contributed by atoms with van der Waals surface area (Å²) in [6.07, 6.45) is 1.20. The molecule has 0 radical (unpaired) electrons. The topological polar surface area (TPSA) is 33.4 Å². The fourth-order valence-electron chi connectivity index (χ4n) is 2.23. The van der Waals surface area contributed by atoms with E-state index in [-0.39, 0.29) is 0 Å². The van der Waals surface area contributed by atoms with E-state index in [1.165, 1.54) is 0 Å². The standard InChI is InChI=1S/C16H13ClO2S/c1-20-14-8-3-2-6-11(14)15(18)13-9-10-5-4-7-12(17)16(10)19-13/h2-9,15,18H,1H3. The molecule has 0 saturated heterocycles. The first kappa shape index (κ1) is 13.6. The number of hydrogen-bond acceptors (Lipinski definition) is 3. The van der Waals surface area contributed by atoms with Crippen LogP contribution in [0.3, 0.4) is 0 Å². The van der Waals surface area contributed by atoms with Gasteiger partial charge in [-0.05, 0) is 24.5 Å². The summed E-state index contributed by atoms with van der Waals surface area (Å²) in [6, 6.07) is 15.2. The van der Waals surface area contributed by atoms with Crippen molar-refractivity contribution in [3.63, 3.8) is 0 Å². The summed E-state index contributed by atoms with van der Waals surface area (Å²) in [7, 11) is 0. The molecule has 1 unspecified atom stereocenters. The second-order valence-corrected chi connectivity index (χ2v) is 5.71. The summed E-state index contributed by atoms with van der Waals surface area (Å²) in [6.45, 7) is 0. The average molecular weight is 305 g/mol. The molecule has 0 fully saturated rings. The number of rotatable bonds is 3. The molecule has 102 valence electrons. The maximum absolute atomic E-state index is 10.5. The van der Waals surface area contributed by atoms with Crippen molar-refractivity contribution in [1.82, 2.24) is 0 Å². The number of halogens is 1. The van der Waals surface area contributed by atoms with Gasteiger partial charge in [0.05, 0.1) is 5.02 Å². The van der Waals surface area contributed by atoms with Gasteiger partial charge in [0.2, 0.25) is 0 Å². The van der Waals surface area contributed by atoms with Crippen LogP contribution in [0.1, 0.15) is 17.4 Å². The van der Waals surface area contributed by atoms with Crippen LogP contribution >= 0.6 is 23.4 Å². The third-order valence-electron chi connectivity index (χ3n) is 3.22. The van der Waals surface area contributed by atoms with Gasteiger partial charge in [-0.3, -0.25) is 0 Å². The molecule has 1 N–H and O–H groups in total. The smallest absolute Gasteiger partial charge is 0.153 e. The largest absolute Gasteiger partial charge is 0.456 e. The molecule has 2 aromatic carbocycles. The quantitative estimate of drug-likeness (QED) is 0.699. The summed E-state index contributed by atoms with van der Waals surface area (Å²) in [5.41, 5.74) is 1.46. The van der Waals surface area contributed by atoms with Crippen molar-refractivity contribution >= 4 is 34.3 Å². The van der Waals surface area contributed by atoms with E-state index in [1.54, 1.807) is 17.8 Å². The highest BCUT2D eigenvalue weighted by Crippen LogP contribution is 2.34. The number of para-hydroxylation sites is 1. The van der Waals surface area contributed by atoms with E-state index in [2.05, 4.69) is 0 Å². The molecule has 3 rings (SSSR count). The van der Waals surface area contributed by atoms with Gasteiger partial charge < -0.3 is 9.52 Å². The molecule has 0 saturated carbocycles. The normalized spacial score (nSPS) is 12.8. The Morgan fingerprint density at radius 1 is 1.15 bits per heavy atom. The first-order valence-corrected chi connectivity index (χ1v) is 7.80. The minimum Gasteiger partial charge on any atom is -0.456 e. The second-order valence-electron chi connectivity index (χ2n) is 4.45. The van der Waals surface area contributed by atoms with Crippen LogP contribution in [-0.4, -0.2) is 11.4 Å². The summed E-state index contributed by atoms with van der Waals surface area (Å²) in [5.74, 6) is 0.509. The lowest BCUT2D eigenvalue weighted by atomic mass is 10.1. The predicted octanol–water partition coefficient (Wildman–Crippen LogP) is 4.89. The second kappa shape index (κ2) is 5.52. The minimum absolute atomic E-state index is 0.509. The number of furan rings is 1. The van der Waals surface area contributed by atoms with Gasteiger partial charge in [0.15, 0.2) is 5.58 Å². The fraction of sp³-hybridized carbons (Fsp3) is 0.125. The van der Waals surface area contributed by atoms with E-state index in [0.717, 1.165) is 15.8 Å². The lowest BCUT2D eigenvalue weighted by Crippen LogP contribution is -1.99. The van der Waals surface area contributed by atoms with Gasteiger partial charge >= 0.3 is 0 Å². The Balaban J connectivity index is 2.08. The van der Waals surface area contributed by atoms with Crippen molar-refractivity contribution in [1.29, 1.82) is 0 Å². The molecule has 20 heavy (non-hydrogen) atoms. The molecular weight excluding hydrogens is 292 g/mol. The van der Waals surface area contributed by atoms with Crippen molar-refractivity contribution in [2.24, 2.45) is 0 Å². The van der Waals surface area contributed by atoms with E-state index >= 15 is 0 Å². The maximum Gasteiger partial charge on any atom is 0.153 e. The number of benzene rings is 2. The Labute approximate surface area is 126 Å². The third kappa shape index (κ3) is 2.33. The molecule has 2 nitrogen and oxygen atoms in total. The van der Waals surface area contributed by atoms with E-state index in [1.807, 2.05) is 48.7 Å². The number of fused-ring (bicyclic) bond motifs is 1. The summed E-state index contributed by atoms with van der Waals surface area (Å²) in [4.78, 5) is 1.03. The van der Waals surface area contributed by atoms with Gasteiger partial charge in [-0.2, -0.15) is 0 Å². The van der Waals surface area contributed by atoms with Gasteiger partial charge in [0.1, 0.15) is 11.9 Å². The highest BCUT2D eigenvalue weighted by Gasteiger charge is 2.19. The molecule has 0 aliphatic heterocycles. The lowest BCUT2D eigenvalue weighted by Gasteiger charge is -2.11. The van der Waals surface area contributed by atoms with E-state index in [4.69, 9.17) is 16.0 Å². The maximum atomic E-state index is 10.5. The molecular formula is C16H13ClO2S. The zero-order chi connectivity index (χ0) is 14.1. The van der Waals surface area contributed by atoms with Crippen LogP contribution in [0.2, 0.25) is 5.02 Å². The Morgan fingerprint density at radius 2 is 1.95 bits per heavy atom. The lowest BCUT2D eigenvalue weighted by molar-refractivity contribution is 0.189. The van der Waals surface area contributed by atoms with Crippen LogP contribution in [0.25, 0.3) is 11.0 Å². The first-order valence-electron chi connectivity index (χ1n) is 6.19. The summed E-state index contributed by atoms with van der Waals surface area (Å²) < 4.78 is 5.72. The average Bonchev–Trinajstić information content (AvgIpc) is 2.92. The number of aliphatic hydroxyl groups is 1. The van der Waals surface area contributed by atoms with Crippen LogP contribution in [0.15, 0.2) is 57.8 Å².